The normalized spacial score (nSPS) is 11.6. The van der Waals surface area contributed by atoms with E-state index in [1.165, 1.54) is 29.0 Å². The summed E-state index contributed by atoms with van der Waals surface area (Å²) >= 11 is 0.395. The van der Waals surface area contributed by atoms with E-state index in [1.54, 1.807) is 7.11 Å². The van der Waals surface area contributed by atoms with Gasteiger partial charge in [-0.25, -0.2) is 0 Å². The van der Waals surface area contributed by atoms with Crippen LogP contribution >= 0.6 is 0 Å². The average molecular weight is 520 g/mol. The van der Waals surface area contributed by atoms with E-state index in [9.17, 15) is 0 Å². The third-order valence-electron chi connectivity index (χ3n) is 4.52. The van der Waals surface area contributed by atoms with E-state index in [0.29, 0.717) is 0 Å². The van der Waals surface area contributed by atoms with Crippen molar-refractivity contribution < 1.29 is 4.74 Å². The minimum absolute atomic E-state index is 0.192. The molecule has 0 aliphatic carbocycles. The number of hydrogen-bond acceptors (Lipinski definition) is 1. The SMILES string of the molecule is COc1ccc(/C([Se]c2ccccc2)=C(\[Se]c2ccccc2)c2ccccc2)cc1. The molecule has 1 nitrogen and oxygen atoms in total. The number of methoxy groups -OCH3 is 1. The summed E-state index contributed by atoms with van der Waals surface area (Å²) in [5.74, 6) is 0.889. The van der Waals surface area contributed by atoms with Gasteiger partial charge in [-0.2, -0.15) is 0 Å². The molecule has 0 spiro atoms. The average Bonchev–Trinajstić information content (AvgIpc) is 2.83. The van der Waals surface area contributed by atoms with Gasteiger partial charge in [0.1, 0.15) is 0 Å². The molecule has 0 bridgehead atoms. The summed E-state index contributed by atoms with van der Waals surface area (Å²) in [7, 11) is 1.72. The van der Waals surface area contributed by atoms with Crippen molar-refractivity contribution in [1.29, 1.82) is 0 Å². The first-order chi connectivity index (χ1) is 14.8. The van der Waals surface area contributed by atoms with Crippen LogP contribution in [0, 0.1) is 0 Å². The van der Waals surface area contributed by atoms with E-state index < -0.39 is 0 Å². The molecule has 0 heterocycles. The van der Waals surface area contributed by atoms with Gasteiger partial charge in [-0.05, 0) is 0 Å². The van der Waals surface area contributed by atoms with Crippen LogP contribution in [0.2, 0.25) is 0 Å². The van der Waals surface area contributed by atoms with Crippen LogP contribution in [0.1, 0.15) is 11.1 Å². The van der Waals surface area contributed by atoms with Crippen molar-refractivity contribution in [3.63, 3.8) is 0 Å². The summed E-state index contributed by atoms with van der Waals surface area (Å²) in [6.07, 6.45) is 0. The Kier molecular flexibility index (Phi) is 7.24. The van der Waals surface area contributed by atoms with Crippen molar-refractivity contribution in [2.24, 2.45) is 0 Å². The number of hydrogen-bond donors (Lipinski definition) is 0. The standard InChI is InChI=1S/C27H22OSe2/c1-28-23-19-17-22(18-20-23)27(30-25-15-9-4-10-16-25)26(21-11-5-2-6-12-21)29-24-13-7-3-8-14-24/h2-20H,1H3/b27-26+. The topological polar surface area (TPSA) is 9.23 Å². The Morgan fingerprint density at radius 3 is 1.33 bits per heavy atom. The molecule has 0 saturated carbocycles. The molecule has 0 atom stereocenters. The van der Waals surface area contributed by atoms with E-state index in [-0.39, 0.29) is 29.9 Å². The molecular formula is C27H22OSe2. The van der Waals surface area contributed by atoms with Gasteiger partial charge in [-0.1, -0.05) is 0 Å². The molecule has 4 aromatic carbocycles. The monoisotopic (exact) mass is 522 g/mol. The second kappa shape index (κ2) is 10.5. The minimum atomic E-state index is 0.192. The van der Waals surface area contributed by atoms with Gasteiger partial charge >= 0.3 is 192 Å². The van der Waals surface area contributed by atoms with Gasteiger partial charge in [0.05, 0.1) is 0 Å². The van der Waals surface area contributed by atoms with Gasteiger partial charge in [-0.15, -0.1) is 0 Å². The first kappa shape index (κ1) is 20.7. The zero-order valence-corrected chi connectivity index (χ0v) is 20.1. The van der Waals surface area contributed by atoms with E-state index in [4.69, 9.17) is 4.74 Å². The third kappa shape index (κ3) is 5.33. The quantitative estimate of drug-likeness (QED) is 0.256. The van der Waals surface area contributed by atoms with Gasteiger partial charge in [0.25, 0.3) is 0 Å². The number of benzene rings is 4. The molecule has 3 heteroatoms. The Morgan fingerprint density at radius 2 is 0.900 bits per heavy atom. The Balaban J connectivity index is 1.88. The molecule has 0 radical (unpaired) electrons. The van der Waals surface area contributed by atoms with E-state index in [2.05, 4.69) is 115 Å². The Labute approximate surface area is 191 Å². The summed E-state index contributed by atoms with van der Waals surface area (Å²) in [5, 5.41) is 0. The molecule has 0 aliphatic heterocycles. The van der Waals surface area contributed by atoms with Gasteiger partial charge in [0.2, 0.25) is 0 Å². The van der Waals surface area contributed by atoms with Gasteiger partial charge in [0.15, 0.2) is 0 Å². The van der Waals surface area contributed by atoms with Crippen molar-refractivity contribution in [3.05, 3.63) is 126 Å². The van der Waals surface area contributed by atoms with Gasteiger partial charge < -0.3 is 0 Å². The maximum atomic E-state index is 5.40. The van der Waals surface area contributed by atoms with Crippen molar-refractivity contribution in [1.82, 2.24) is 0 Å². The van der Waals surface area contributed by atoms with Gasteiger partial charge in [-0.3, -0.25) is 0 Å². The fourth-order valence-electron chi connectivity index (χ4n) is 3.02. The third-order valence-corrected chi connectivity index (χ3v) is 10.0. The fraction of sp³-hybridized carbons (Fsp3) is 0.0370. The summed E-state index contributed by atoms with van der Waals surface area (Å²) in [6, 6.07) is 41.0. The van der Waals surface area contributed by atoms with Crippen LogP contribution in [-0.4, -0.2) is 37.0 Å². The molecule has 148 valence electrons. The predicted molar refractivity (Wildman–Crippen MR) is 130 cm³/mol. The molecule has 4 aromatic rings. The van der Waals surface area contributed by atoms with Crippen LogP contribution in [0.25, 0.3) is 8.94 Å². The molecule has 0 unspecified atom stereocenters. The van der Waals surface area contributed by atoms with E-state index in [0.717, 1.165) is 5.75 Å². The molecule has 0 amide bonds. The second-order valence-corrected chi connectivity index (χ2v) is 11.1. The first-order valence-corrected chi connectivity index (χ1v) is 13.2. The molecule has 0 aromatic heterocycles. The molecular weight excluding hydrogens is 498 g/mol. The molecule has 0 N–H and O–H groups in total. The van der Waals surface area contributed by atoms with Crippen molar-refractivity contribution >= 4 is 47.8 Å². The van der Waals surface area contributed by atoms with Crippen molar-refractivity contribution in [2.75, 3.05) is 7.11 Å². The van der Waals surface area contributed by atoms with Crippen LogP contribution in [0.3, 0.4) is 0 Å². The number of rotatable bonds is 7. The summed E-state index contributed by atoms with van der Waals surface area (Å²) in [4.78, 5) is 0. The van der Waals surface area contributed by atoms with E-state index in [1.807, 2.05) is 0 Å². The second-order valence-electron chi connectivity index (χ2n) is 6.58. The van der Waals surface area contributed by atoms with Crippen LogP contribution in [0.15, 0.2) is 115 Å². The van der Waals surface area contributed by atoms with E-state index >= 15 is 0 Å². The van der Waals surface area contributed by atoms with Crippen LogP contribution < -0.4 is 13.7 Å². The maximum absolute atomic E-state index is 5.40. The Bertz CT molecular complexity index is 1090. The Morgan fingerprint density at radius 1 is 0.500 bits per heavy atom. The molecule has 30 heavy (non-hydrogen) atoms. The summed E-state index contributed by atoms with van der Waals surface area (Å²) in [6.45, 7) is 0. The molecule has 0 saturated heterocycles. The summed E-state index contributed by atoms with van der Waals surface area (Å²) < 4.78 is 11.1. The number of ether oxygens (including phenoxy) is 1. The van der Waals surface area contributed by atoms with Crippen molar-refractivity contribution in [3.8, 4) is 5.75 Å². The first-order valence-electron chi connectivity index (χ1n) is 9.73. The molecule has 0 aliphatic rings. The summed E-state index contributed by atoms with van der Waals surface area (Å²) in [5.41, 5.74) is 2.58. The van der Waals surface area contributed by atoms with Crippen LogP contribution in [0.4, 0.5) is 0 Å². The zero-order chi connectivity index (χ0) is 20.6. The molecule has 4 rings (SSSR count). The zero-order valence-electron chi connectivity index (χ0n) is 16.7. The Hall–Kier alpha value is -2.54. The fourth-order valence-corrected chi connectivity index (χ4v) is 8.09. The van der Waals surface area contributed by atoms with Crippen LogP contribution in [0.5, 0.6) is 5.75 Å². The predicted octanol–water partition coefficient (Wildman–Crippen LogP) is 4.58. The van der Waals surface area contributed by atoms with Crippen LogP contribution in [-0.2, 0) is 0 Å². The molecule has 0 fully saturated rings. The van der Waals surface area contributed by atoms with Crippen molar-refractivity contribution in [2.45, 2.75) is 0 Å². The van der Waals surface area contributed by atoms with Gasteiger partial charge in [0, 0.05) is 0 Å².